The molecule has 0 spiro atoms. The van der Waals surface area contributed by atoms with Gasteiger partial charge in [0.1, 0.15) is 5.15 Å². The van der Waals surface area contributed by atoms with Crippen molar-refractivity contribution in [1.29, 1.82) is 0 Å². The Balaban J connectivity index is 1.57. The number of halogens is 1. The molecule has 38 heavy (non-hydrogen) atoms. The van der Waals surface area contributed by atoms with Crippen molar-refractivity contribution in [3.63, 3.8) is 0 Å². The number of benzene rings is 1. The van der Waals surface area contributed by atoms with E-state index >= 15 is 0 Å². The topological polar surface area (TPSA) is 110 Å². The monoisotopic (exact) mass is 552 g/mol. The predicted molar refractivity (Wildman–Crippen MR) is 152 cm³/mol. The van der Waals surface area contributed by atoms with Gasteiger partial charge in [0, 0.05) is 25.4 Å². The Morgan fingerprint density at radius 2 is 1.95 bits per heavy atom. The van der Waals surface area contributed by atoms with E-state index in [9.17, 15) is 9.59 Å². The van der Waals surface area contributed by atoms with Gasteiger partial charge >= 0.3 is 0 Å². The Labute approximate surface area is 229 Å². The first-order valence-corrected chi connectivity index (χ1v) is 13.8. The number of rotatable bonds is 6. The number of anilines is 2. The molecule has 10 nitrogen and oxygen atoms in total. The number of hydrogen-bond acceptors (Lipinski definition) is 8. The van der Waals surface area contributed by atoms with E-state index in [1.807, 2.05) is 37.6 Å². The molecule has 5 rings (SSSR count). The normalized spacial score (nSPS) is 13.9. The third-order valence-electron chi connectivity index (χ3n) is 6.64. The lowest BCUT2D eigenvalue weighted by molar-refractivity contribution is 0.0980. The molecule has 0 aliphatic carbocycles. The zero-order valence-electron chi connectivity index (χ0n) is 21.9. The van der Waals surface area contributed by atoms with Crippen LogP contribution in [-0.2, 0) is 20.1 Å². The summed E-state index contributed by atoms with van der Waals surface area (Å²) in [7, 11) is 1.76. The lowest BCUT2D eigenvalue weighted by Crippen LogP contribution is -2.38. The quantitative estimate of drug-likeness (QED) is 0.273. The molecule has 4 aromatic rings. The highest BCUT2D eigenvalue weighted by Crippen LogP contribution is 2.30. The number of nitrogens with zero attached hydrogens (tertiary/aromatic N) is 6. The third kappa shape index (κ3) is 4.83. The minimum atomic E-state index is -0.349. The second-order valence-electron chi connectivity index (χ2n) is 9.48. The van der Waals surface area contributed by atoms with Crippen molar-refractivity contribution in [1.82, 2.24) is 29.0 Å². The zero-order chi connectivity index (χ0) is 27.1. The van der Waals surface area contributed by atoms with E-state index in [1.54, 1.807) is 30.0 Å². The zero-order valence-corrected chi connectivity index (χ0v) is 23.4. The molecule has 0 radical (unpaired) electrons. The Morgan fingerprint density at radius 3 is 2.71 bits per heavy atom. The number of nitrogens with one attached hydrogen (secondary N) is 2. The Hall–Kier alpha value is -3.57. The van der Waals surface area contributed by atoms with Gasteiger partial charge in [-0.05, 0) is 50.6 Å². The molecular weight excluding hydrogens is 524 g/mol. The SMILES string of the molecule is CSNC(=O)c1nc(Cl)ccc1NC(C)c1cc(C)cc2c(=O)n(C)c(N3CCn4nc(C)cc4C3)nc12. The molecule has 1 aromatic carbocycles. The second kappa shape index (κ2) is 10.3. The first-order valence-electron chi connectivity index (χ1n) is 12.2. The van der Waals surface area contributed by atoms with E-state index < -0.39 is 0 Å². The Morgan fingerprint density at radius 1 is 1.16 bits per heavy atom. The number of amides is 1. The molecular formula is C26H29ClN8O2S. The average Bonchev–Trinajstić information content (AvgIpc) is 3.26. The van der Waals surface area contributed by atoms with E-state index in [0.717, 1.165) is 29.1 Å². The molecule has 1 atom stereocenters. The average molecular weight is 553 g/mol. The summed E-state index contributed by atoms with van der Waals surface area (Å²) in [6.45, 7) is 7.94. The smallest absolute Gasteiger partial charge is 0.281 e. The third-order valence-corrected chi connectivity index (χ3v) is 7.24. The van der Waals surface area contributed by atoms with Gasteiger partial charge in [-0.1, -0.05) is 29.6 Å². The van der Waals surface area contributed by atoms with Crippen molar-refractivity contribution in [2.45, 2.75) is 39.9 Å². The first kappa shape index (κ1) is 26.1. The minimum absolute atomic E-state index is 0.106. The summed E-state index contributed by atoms with van der Waals surface area (Å²) < 4.78 is 6.33. The summed E-state index contributed by atoms with van der Waals surface area (Å²) in [5.74, 6) is 0.260. The molecule has 1 aliphatic rings. The molecule has 1 amide bonds. The number of pyridine rings is 1. The minimum Gasteiger partial charge on any atom is -0.377 e. The summed E-state index contributed by atoms with van der Waals surface area (Å²) in [4.78, 5) is 37.6. The molecule has 2 N–H and O–H groups in total. The van der Waals surface area contributed by atoms with Crippen molar-refractivity contribution in [3.8, 4) is 0 Å². The van der Waals surface area contributed by atoms with Crippen LogP contribution in [0.15, 0.2) is 35.1 Å². The van der Waals surface area contributed by atoms with Gasteiger partial charge in [0.25, 0.3) is 11.5 Å². The highest BCUT2D eigenvalue weighted by Gasteiger charge is 2.24. The van der Waals surface area contributed by atoms with Crippen LogP contribution in [0.1, 0.15) is 46.0 Å². The fourth-order valence-electron chi connectivity index (χ4n) is 4.91. The maximum Gasteiger partial charge on any atom is 0.281 e. The molecule has 1 aliphatic heterocycles. The first-order chi connectivity index (χ1) is 18.2. The van der Waals surface area contributed by atoms with Crippen LogP contribution in [0.3, 0.4) is 0 Å². The number of aryl methyl sites for hydroxylation is 2. The summed E-state index contributed by atoms with van der Waals surface area (Å²) in [6.07, 6.45) is 1.76. The summed E-state index contributed by atoms with van der Waals surface area (Å²) in [5.41, 5.74) is 5.11. The predicted octanol–water partition coefficient (Wildman–Crippen LogP) is 4.00. The fourth-order valence-corrected chi connectivity index (χ4v) is 5.34. The number of fused-ring (bicyclic) bond motifs is 2. The van der Waals surface area contributed by atoms with Crippen LogP contribution in [0.2, 0.25) is 5.15 Å². The van der Waals surface area contributed by atoms with Gasteiger partial charge in [-0.25, -0.2) is 9.97 Å². The number of aromatic nitrogens is 5. The van der Waals surface area contributed by atoms with E-state index in [4.69, 9.17) is 16.6 Å². The van der Waals surface area contributed by atoms with Gasteiger partial charge in [0.15, 0.2) is 5.69 Å². The summed E-state index contributed by atoms with van der Waals surface area (Å²) >= 11 is 7.27. The van der Waals surface area contributed by atoms with Gasteiger partial charge in [-0.15, -0.1) is 0 Å². The van der Waals surface area contributed by atoms with E-state index in [2.05, 4.69) is 31.1 Å². The molecule has 0 bridgehead atoms. The van der Waals surface area contributed by atoms with E-state index in [0.29, 0.717) is 35.6 Å². The van der Waals surface area contributed by atoms with Crippen LogP contribution in [0, 0.1) is 13.8 Å². The van der Waals surface area contributed by atoms with Gasteiger partial charge in [-0.2, -0.15) is 5.10 Å². The molecule has 0 fully saturated rings. The Bertz CT molecular complexity index is 1620. The maximum atomic E-state index is 13.6. The number of hydrogen-bond donors (Lipinski definition) is 2. The molecule has 3 aromatic heterocycles. The maximum absolute atomic E-state index is 13.6. The van der Waals surface area contributed by atoms with Crippen LogP contribution >= 0.6 is 23.5 Å². The summed E-state index contributed by atoms with van der Waals surface area (Å²) in [5, 5.41) is 8.71. The lowest BCUT2D eigenvalue weighted by Gasteiger charge is -2.30. The number of carbonyl (C=O) groups excluding carboxylic acids is 1. The standard InChI is InChI=1S/C26H29ClN8O2S/c1-14-10-18(16(3)28-20-6-7-21(27)29-23(20)24(36)32-38-5)22-19(11-14)25(37)33(4)26(30-22)34-8-9-35-17(13-34)12-15(2)31-35/h6-7,10-12,16,28H,8-9,13H2,1-5H3,(H,32,36). The molecule has 4 heterocycles. The second-order valence-corrected chi connectivity index (χ2v) is 10.5. The van der Waals surface area contributed by atoms with E-state index in [-0.39, 0.29) is 28.4 Å². The van der Waals surface area contributed by atoms with Crippen molar-refractivity contribution in [3.05, 3.63) is 74.0 Å². The van der Waals surface area contributed by atoms with Gasteiger partial charge < -0.3 is 10.2 Å². The highest BCUT2D eigenvalue weighted by atomic mass is 35.5. The molecule has 0 saturated heterocycles. The van der Waals surface area contributed by atoms with E-state index in [1.165, 1.54) is 11.9 Å². The van der Waals surface area contributed by atoms with Gasteiger partial charge in [0.2, 0.25) is 5.95 Å². The molecule has 198 valence electrons. The van der Waals surface area contributed by atoms with Crippen molar-refractivity contribution in [2.24, 2.45) is 7.05 Å². The Kier molecular flexibility index (Phi) is 7.06. The van der Waals surface area contributed by atoms with Crippen LogP contribution in [0.25, 0.3) is 10.9 Å². The molecule has 1 unspecified atom stereocenters. The summed E-state index contributed by atoms with van der Waals surface area (Å²) in [6, 6.07) is 9.04. The number of carbonyl (C=O) groups is 1. The van der Waals surface area contributed by atoms with Crippen molar-refractivity contribution < 1.29 is 4.79 Å². The van der Waals surface area contributed by atoms with Crippen LogP contribution in [0.5, 0.6) is 0 Å². The van der Waals surface area contributed by atoms with Gasteiger partial charge in [0.05, 0.1) is 47.1 Å². The van der Waals surface area contributed by atoms with Crippen LogP contribution < -0.4 is 20.5 Å². The van der Waals surface area contributed by atoms with Crippen LogP contribution in [0.4, 0.5) is 11.6 Å². The van der Waals surface area contributed by atoms with Gasteiger partial charge in [-0.3, -0.25) is 23.6 Å². The van der Waals surface area contributed by atoms with Crippen molar-refractivity contribution in [2.75, 3.05) is 23.0 Å². The lowest BCUT2D eigenvalue weighted by atomic mass is 10.0. The van der Waals surface area contributed by atoms with Crippen molar-refractivity contribution >= 4 is 52.0 Å². The van der Waals surface area contributed by atoms with Crippen LogP contribution in [-0.4, -0.2) is 43.0 Å². The highest BCUT2D eigenvalue weighted by molar-refractivity contribution is 7.97. The fraction of sp³-hybridized carbons (Fsp3) is 0.346. The molecule has 12 heteroatoms. The molecule has 0 saturated carbocycles. The largest absolute Gasteiger partial charge is 0.377 e.